The Morgan fingerprint density at radius 3 is 2.54 bits per heavy atom. The van der Waals surface area contributed by atoms with Gasteiger partial charge in [0.2, 0.25) is 5.69 Å². The van der Waals surface area contributed by atoms with E-state index in [4.69, 9.17) is 15.1 Å². The number of halogens is 1. The number of benzene rings is 1. The topological polar surface area (TPSA) is 132 Å². The normalized spacial score (nSPS) is 14.2. The zero-order chi connectivity index (χ0) is 20.3. The second kappa shape index (κ2) is 7.76. The molecule has 2 aromatic rings. The zero-order valence-electron chi connectivity index (χ0n) is 14.5. The third-order valence-corrected chi connectivity index (χ3v) is 4.33. The van der Waals surface area contributed by atoms with Crippen molar-refractivity contribution < 1.29 is 19.0 Å². The maximum atomic E-state index is 13.8. The van der Waals surface area contributed by atoms with Gasteiger partial charge in [-0.25, -0.2) is 9.18 Å². The fourth-order valence-corrected chi connectivity index (χ4v) is 2.86. The SMILES string of the molecule is N#Cc1ccc(-n2nc(C#N)c(OC3CCN(C(=O)O)CC3)cc2=O)cc1F. The van der Waals surface area contributed by atoms with Crippen molar-refractivity contribution in [2.45, 2.75) is 18.9 Å². The Morgan fingerprint density at radius 2 is 1.96 bits per heavy atom. The molecule has 0 bridgehead atoms. The van der Waals surface area contributed by atoms with Crippen molar-refractivity contribution in [3.8, 4) is 23.6 Å². The molecular formula is C18H14FN5O4. The van der Waals surface area contributed by atoms with Crippen LogP contribution in [-0.4, -0.2) is 45.1 Å². The summed E-state index contributed by atoms with van der Waals surface area (Å²) in [6.45, 7) is 0.577. The molecule has 1 saturated heterocycles. The molecule has 0 radical (unpaired) electrons. The lowest BCUT2D eigenvalue weighted by molar-refractivity contribution is 0.0889. The summed E-state index contributed by atoms with van der Waals surface area (Å²) in [5, 5.41) is 31.0. The van der Waals surface area contributed by atoms with Gasteiger partial charge in [-0.2, -0.15) is 15.2 Å². The summed E-state index contributed by atoms with van der Waals surface area (Å²) in [6, 6.07) is 8.15. The zero-order valence-corrected chi connectivity index (χ0v) is 14.5. The minimum atomic E-state index is -1.00. The smallest absolute Gasteiger partial charge is 0.407 e. The highest BCUT2D eigenvalue weighted by molar-refractivity contribution is 5.65. The van der Waals surface area contributed by atoms with Gasteiger partial charge in [0.15, 0.2) is 5.75 Å². The number of piperidine rings is 1. The first-order valence-electron chi connectivity index (χ1n) is 8.32. The van der Waals surface area contributed by atoms with Crippen LogP contribution >= 0.6 is 0 Å². The molecule has 142 valence electrons. The number of amides is 1. The lowest BCUT2D eigenvalue weighted by atomic mass is 10.1. The Morgan fingerprint density at radius 1 is 1.25 bits per heavy atom. The van der Waals surface area contributed by atoms with Crippen LogP contribution in [0.15, 0.2) is 29.1 Å². The molecule has 1 aliphatic rings. The number of hydrogen-bond donors (Lipinski definition) is 1. The van der Waals surface area contributed by atoms with Crippen LogP contribution in [0.3, 0.4) is 0 Å². The molecule has 1 aromatic heterocycles. The Kier molecular flexibility index (Phi) is 5.23. The first-order valence-corrected chi connectivity index (χ1v) is 8.32. The van der Waals surface area contributed by atoms with Gasteiger partial charge < -0.3 is 14.7 Å². The first-order chi connectivity index (χ1) is 13.4. The highest BCUT2D eigenvalue weighted by Gasteiger charge is 2.25. The molecule has 28 heavy (non-hydrogen) atoms. The highest BCUT2D eigenvalue weighted by atomic mass is 19.1. The molecule has 10 heteroatoms. The maximum absolute atomic E-state index is 13.8. The Labute approximate surface area is 158 Å². The Hall–Kier alpha value is -3.92. The molecular weight excluding hydrogens is 369 g/mol. The van der Waals surface area contributed by atoms with E-state index in [0.717, 1.165) is 16.8 Å². The van der Waals surface area contributed by atoms with Crippen molar-refractivity contribution in [3.63, 3.8) is 0 Å². The second-order valence-corrected chi connectivity index (χ2v) is 6.08. The van der Waals surface area contributed by atoms with Crippen molar-refractivity contribution in [1.82, 2.24) is 14.7 Å². The molecule has 1 amide bonds. The van der Waals surface area contributed by atoms with Gasteiger partial charge >= 0.3 is 6.09 Å². The molecule has 0 aliphatic carbocycles. The number of likely N-dealkylation sites (tertiary alicyclic amines) is 1. The minimum absolute atomic E-state index is 0.00774. The van der Waals surface area contributed by atoms with E-state index in [1.54, 1.807) is 6.07 Å². The van der Waals surface area contributed by atoms with Gasteiger partial charge in [0.05, 0.1) is 17.3 Å². The summed E-state index contributed by atoms with van der Waals surface area (Å²) in [7, 11) is 0. The predicted molar refractivity (Wildman–Crippen MR) is 92.5 cm³/mol. The quantitative estimate of drug-likeness (QED) is 0.852. The van der Waals surface area contributed by atoms with Gasteiger partial charge in [-0.05, 0) is 12.1 Å². The molecule has 1 aliphatic heterocycles. The van der Waals surface area contributed by atoms with Crippen LogP contribution in [0.1, 0.15) is 24.1 Å². The predicted octanol–water partition coefficient (Wildman–Crippen LogP) is 1.64. The molecule has 0 spiro atoms. The van der Waals surface area contributed by atoms with E-state index in [-0.39, 0.29) is 41.9 Å². The van der Waals surface area contributed by atoms with E-state index in [2.05, 4.69) is 5.10 Å². The summed E-state index contributed by atoms with van der Waals surface area (Å²) in [5.74, 6) is -0.815. The first kappa shape index (κ1) is 18.9. The third-order valence-electron chi connectivity index (χ3n) is 4.33. The highest BCUT2D eigenvalue weighted by Crippen LogP contribution is 2.21. The monoisotopic (exact) mass is 383 g/mol. The van der Waals surface area contributed by atoms with Crippen LogP contribution in [-0.2, 0) is 0 Å². The van der Waals surface area contributed by atoms with Crippen LogP contribution in [0, 0.1) is 28.5 Å². The standard InChI is InChI=1S/C18H14FN5O4/c19-14-7-12(2-1-11(14)9-20)24-17(25)8-16(15(10-21)22-24)28-13-3-5-23(6-4-13)18(26)27/h1-2,7-8,13H,3-6H2,(H,26,27). The minimum Gasteiger partial charge on any atom is -0.487 e. The molecule has 3 rings (SSSR count). The molecule has 9 nitrogen and oxygen atoms in total. The van der Waals surface area contributed by atoms with Gasteiger partial charge in [-0.3, -0.25) is 4.79 Å². The summed E-state index contributed by atoms with van der Waals surface area (Å²) < 4.78 is 20.4. The van der Waals surface area contributed by atoms with Crippen molar-refractivity contribution in [1.29, 1.82) is 10.5 Å². The van der Waals surface area contributed by atoms with Crippen LogP contribution in [0.4, 0.5) is 9.18 Å². The summed E-state index contributed by atoms with van der Waals surface area (Å²) in [4.78, 5) is 24.6. The Balaban J connectivity index is 1.86. The van der Waals surface area contributed by atoms with Crippen LogP contribution in [0.2, 0.25) is 0 Å². The van der Waals surface area contributed by atoms with Gasteiger partial charge in [-0.15, -0.1) is 5.10 Å². The van der Waals surface area contributed by atoms with E-state index >= 15 is 0 Å². The molecule has 1 aromatic carbocycles. The van der Waals surface area contributed by atoms with Crippen molar-refractivity contribution in [2.75, 3.05) is 13.1 Å². The Bertz CT molecular complexity index is 1060. The van der Waals surface area contributed by atoms with Gasteiger partial charge in [0.25, 0.3) is 5.56 Å². The fourth-order valence-electron chi connectivity index (χ4n) is 2.86. The lowest BCUT2D eigenvalue weighted by Crippen LogP contribution is -2.41. The molecule has 0 saturated carbocycles. The van der Waals surface area contributed by atoms with E-state index in [1.165, 1.54) is 17.0 Å². The van der Waals surface area contributed by atoms with Crippen molar-refractivity contribution >= 4 is 6.09 Å². The van der Waals surface area contributed by atoms with Crippen LogP contribution in [0.5, 0.6) is 5.75 Å². The number of nitriles is 2. The molecule has 0 atom stereocenters. The number of hydrogen-bond acceptors (Lipinski definition) is 6. The molecule has 1 fully saturated rings. The molecule has 2 heterocycles. The number of ether oxygens (including phenoxy) is 1. The number of rotatable bonds is 3. The molecule has 0 unspecified atom stereocenters. The van der Waals surface area contributed by atoms with Crippen LogP contribution < -0.4 is 10.3 Å². The average molecular weight is 383 g/mol. The number of aromatic nitrogens is 2. The van der Waals surface area contributed by atoms with Gasteiger partial charge in [0.1, 0.15) is 24.1 Å². The lowest BCUT2D eigenvalue weighted by Gasteiger charge is -2.30. The van der Waals surface area contributed by atoms with E-state index in [9.17, 15) is 19.2 Å². The second-order valence-electron chi connectivity index (χ2n) is 6.08. The van der Waals surface area contributed by atoms with Crippen molar-refractivity contribution in [3.05, 3.63) is 51.7 Å². The third kappa shape index (κ3) is 3.76. The number of carboxylic acid groups (broad SMARTS) is 1. The summed E-state index contributed by atoms with van der Waals surface area (Å²) >= 11 is 0. The van der Waals surface area contributed by atoms with Gasteiger partial charge in [0, 0.05) is 32.0 Å². The summed E-state index contributed by atoms with van der Waals surface area (Å²) in [5.41, 5.74) is -0.907. The van der Waals surface area contributed by atoms with E-state index in [1.807, 2.05) is 6.07 Å². The van der Waals surface area contributed by atoms with E-state index in [0.29, 0.717) is 12.8 Å². The average Bonchev–Trinajstić information content (AvgIpc) is 2.68. The van der Waals surface area contributed by atoms with Gasteiger partial charge in [-0.1, -0.05) is 0 Å². The van der Waals surface area contributed by atoms with E-state index < -0.39 is 17.5 Å². The summed E-state index contributed by atoms with van der Waals surface area (Å²) in [6.07, 6.45) is -0.524. The number of nitrogens with zero attached hydrogens (tertiary/aromatic N) is 5. The number of carbonyl (C=O) groups is 1. The largest absolute Gasteiger partial charge is 0.487 e. The van der Waals surface area contributed by atoms with Crippen molar-refractivity contribution in [2.24, 2.45) is 0 Å². The fraction of sp³-hybridized carbons (Fsp3) is 0.278. The van der Waals surface area contributed by atoms with Crippen LogP contribution in [0.25, 0.3) is 5.69 Å². The molecule has 1 N–H and O–H groups in total. The maximum Gasteiger partial charge on any atom is 0.407 e.